The Morgan fingerprint density at radius 1 is 1.17 bits per heavy atom. The fraction of sp³-hybridized carbons (Fsp3) is 0.364. The minimum atomic E-state index is -0.314. The third-order valence-corrected chi connectivity index (χ3v) is 4.60. The molecule has 29 heavy (non-hydrogen) atoms. The first-order valence-corrected chi connectivity index (χ1v) is 10.2. The van der Waals surface area contributed by atoms with E-state index in [1.807, 2.05) is 37.3 Å². The lowest BCUT2D eigenvalue weighted by Gasteiger charge is -2.14. The van der Waals surface area contributed by atoms with Gasteiger partial charge in [0.2, 0.25) is 0 Å². The number of carbonyl (C=O) groups excluding carboxylic acids is 1. The van der Waals surface area contributed by atoms with Crippen molar-refractivity contribution in [3.63, 3.8) is 0 Å². The third kappa shape index (κ3) is 6.44. The third-order valence-electron chi connectivity index (χ3n) is 4.39. The predicted octanol–water partition coefficient (Wildman–Crippen LogP) is 4.16. The summed E-state index contributed by atoms with van der Waals surface area (Å²) in [5.74, 6) is 0.996. The Morgan fingerprint density at radius 3 is 2.69 bits per heavy atom. The van der Waals surface area contributed by atoms with Crippen molar-refractivity contribution in [2.75, 3.05) is 25.1 Å². The summed E-state index contributed by atoms with van der Waals surface area (Å²) in [6.45, 7) is 3.94. The first kappa shape index (κ1) is 21.1. The molecule has 6 nitrogen and oxygen atoms in total. The highest BCUT2D eigenvalue weighted by Crippen LogP contribution is 2.20. The number of amides is 1. The molecule has 154 valence electrons. The molecule has 3 rings (SSSR count). The molecule has 1 amide bonds. The number of hydrogen-bond donors (Lipinski definition) is 2. The monoisotopic (exact) mass is 414 g/mol. The second-order valence-corrected chi connectivity index (χ2v) is 7.13. The van der Waals surface area contributed by atoms with Gasteiger partial charge in [-0.2, -0.15) is 0 Å². The highest BCUT2D eigenvalue weighted by Gasteiger charge is 2.16. The first-order valence-electron chi connectivity index (χ1n) is 9.84. The zero-order valence-electron chi connectivity index (χ0n) is 16.5. The van der Waals surface area contributed by atoms with E-state index in [0.717, 1.165) is 37.3 Å². The summed E-state index contributed by atoms with van der Waals surface area (Å²) in [5.41, 5.74) is 1.21. The molecule has 1 saturated heterocycles. The van der Waals surface area contributed by atoms with Crippen molar-refractivity contribution >= 4 is 28.9 Å². The number of hydrogen-bond acceptors (Lipinski definition) is 5. The van der Waals surface area contributed by atoms with E-state index in [0.29, 0.717) is 24.5 Å². The molecule has 2 N–H and O–H groups in total. The van der Waals surface area contributed by atoms with Crippen molar-refractivity contribution in [2.45, 2.75) is 32.3 Å². The van der Waals surface area contributed by atoms with Crippen LogP contribution >= 0.6 is 12.2 Å². The zero-order chi connectivity index (χ0) is 20.5. The smallest absolute Gasteiger partial charge is 0.261 e. The molecule has 0 aromatic heterocycles. The Bertz CT molecular complexity index is 820. The van der Waals surface area contributed by atoms with Crippen LogP contribution in [-0.2, 0) is 4.74 Å². The number of ether oxygens (including phenoxy) is 3. The molecule has 0 spiro atoms. The maximum atomic E-state index is 12.5. The number of carbonyl (C=O) groups is 1. The van der Waals surface area contributed by atoms with Gasteiger partial charge in [0.1, 0.15) is 18.1 Å². The van der Waals surface area contributed by atoms with Gasteiger partial charge in [0, 0.05) is 12.3 Å². The van der Waals surface area contributed by atoms with Crippen LogP contribution in [0, 0.1) is 0 Å². The van der Waals surface area contributed by atoms with Crippen LogP contribution in [0.3, 0.4) is 0 Å². The highest BCUT2D eigenvalue weighted by atomic mass is 32.1. The van der Waals surface area contributed by atoms with E-state index in [1.165, 1.54) is 0 Å². The van der Waals surface area contributed by atoms with Crippen LogP contribution in [-0.4, -0.2) is 36.9 Å². The molecule has 2 aromatic carbocycles. The highest BCUT2D eigenvalue weighted by molar-refractivity contribution is 7.80. The van der Waals surface area contributed by atoms with Crippen LogP contribution in [0.25, 0.3) is 0 Å². The van der Waals surface area contributed by atoms with Crippen molar-refractivity contribution in [3.05, 3.63) is 54.1 Å². The van der Waals surface area contributed by atoms with Crippen molar-refractivity contribution in [2.24, 2.45) is 0 Å². The van der Waals surface area contributed by atoms with Crippen LogP contribution in [0.1, 0.15) is 36.5 Å². The molecule has 0 radical (unpaired) electrons. The van der Waals surface area contributed by atoms with Crippen molar-refractivity contribution in [1.82, 2.24) is 5.32 Å². The maximum absolute atomic E-state index is 12.5. The summed E-state index contributed by atoms with van der Waals surface area (Å²) < 4.78 is 16.9. The Labute approximate surface area is 176 Å². The quantitative estimate of drug-likeness (QED) is 0.632. The Balaban J connectivity index is 1.50. The maximum Gasteiger partial charge on any atom is 0.261 e. The molecule has 1 aliphatic heterocycles. The molecule has 7 heteroatoms. The van der Waals surface area contributed by atoms with Crippen molar-refractivity contribution in [1.29, 1.82) is 0 Å². The van der Waals surface area contributed by atoms with E-state index in [2.05, 4.69) is 10.6 Å². The molecule has 0 unspecified atom stereocenters. The van der Waals surface area contributed by atoms with Gasteiger partial charge in [0.05, 0.1) is 18.3 Å². The molecule has 1 aliphatic rings. The van der Waals surface area contributed by atoms with Crippen LogP contribution < -0.4 is 20.1 Å². The number of thiocarbonyl (C=S) groups is 1. The van der Waals surface area contributed by atoms with Crippen LogP contribution in [0.4, 0.5) is 5.69 Å². The van der Waals surface area contributed by atoms with Crippen LogP contribution in [0.15, 0.2) is 48.5 Å². The van der Waals surface area contributed by atoms with Crippen LogP contribution in [0.5, 0.6) is 11.5 Å². The minimum absolute atomic E-state index is 0.180. The Hall–Kier alpha value is -2.64. The van der Waals surface area contributed by atoms with Gasteiger partial charge in [-0.05, 0) is 67.9 Å². The van der Waals surface area contributed by atoms with E-state index in [1.54, 1.807) is 18.2 Å². The molecule has 0 saturated carbocycles. The van der Waals surface area contributed by atoms with E-state index >= 15 is 0 Å². The lowest BCUT2D eigenvalue weighted by atomic mass is 10.2. The van der Waals surface area contributed by atoms with Gasteiger partial charge in [-0.1, -0.05) is 19.1 Å². The molecule has 2 aromatic rings. The van der Waals surface area contributed by atoms with Gasteiger partial charge in [-0.3, -0.25) is 10.1 Å². The van der Waals surface area contributed by atoms with Gasteiger partial charge < -0.3 is 19.5 Å². The fourth-order valence-electron chi connectivity index (χ4n) is 2.92. The van der Waals surface area contributed by atoms with E-state index in [4.69, 9.17) is 26.4 Å². The summed E-state index contributed by atoms with van der Waals surface area (Å²) in [5, 5.41) is 5.92. The fourth-order valence-corrected chi connectivity index (χ4v) is 3.13. The average molecular weight is 415 g/mol. The first-order chi connectivity index (χ1) is 14.2. The number of anilines is 1. The number of benzene rings is 2. The topological polar surface area (TPSA) is 68.8 Å². The summed E-state index contributed by atoms with van der Waals surface area (Å²) in [4.78, 5) is 12.5. The van der Waals surface area contributed by atoms with Gasteiger partial charge in [0.25, 0.3) is 5.91 Å². The standard InChI is InChI=1S/C22H26N2O4S/c1-2-13-27-20-8-4-3-7-19(20)21(25)24-22(29)23-16-9-11-17(12-10-16)28-15-18-6-5-14-26-18/h3-4,7-12,18H,2,5-6,13-15H2,1H3,(H2,23,24,25,29)/t18-/m0/s1. The SMILES string of the molecule is CCCOc1ccccc1C(=O)NC(=S)Nc1ccc(OC[C@@H]2CCCO2)cc1. The minimum Gasteiger partial charge on any atom is -0.493 e. The Morgan fingerprint density at radius 2 is 1.97 bits per heavy atom. The normalized spacial score (nSPS) is 15.6. The molecule has 1 atom stereocenters. The number of para-hydroxylation sites is 1. The summed E-state index contributed by atoms with van der Waals surface area (Å²) >= 11 is 5.27. The summed E-state index contributed by atoms with van der Waals surface area (Å²) in [6, 6.07) is 14.5. The zero-order valence-corrected chi connectivity index (χ0v) is 17.3. The Kier molecular flexibility index (Phi) is 7.84. The molecular formula is C22H26N2O4S. The lowest BCUT2D eigenvalue weighted by Crippen LogP contribution is -2.34. The molecule has 1 fully saturated rings. The summed E-state index contributed by atoms with van der Waals surface area (Å²) in [7, 11) is 0. The molecule has 0 bridgehead atoms. The molecular weight excluding hydrogens is 388 g/mol. The predicted molar refractivity (Wildman–Crippen MR) is 117 cm³/mol. The average Bonchev–Trinajstić information content (AvgIpc) is 3.25. The number of nitrogens with one attached hydrogen (secondary N) is 2. The summed E-state index contributed by atoms with van der Waals surface area (Å²) in [6.07, 6.45) is 3.18. The molecule has 0 aliphatic carbocycles. The van der Waals surface area contributed by atoms with Gasteiger partial charge in [-0.15, -0.1) is 0 Å². The number of rotatable bonds is 8. The second-order valence-electron chi connectivity index (χ2n) is 6.72. The largest absolute Gasteiger partial charge is 0.493 e. The van der Waals surface area contributed by atoms with E-state index in [-0.39, 0.29) is 17.1 Å². The van der Waals surface area contributed by atoms with Gasteiger partial charge >= 0.3 is 0 Å². The van der Waals surface area contributed by atoms with Gasteiger partial charge in [0.15, 0.2) is 5.11 Å². The van der Waals surface area contributed by atoms with Crippen LogP contribution in [0.2, 0.25) is 0 Å². The van der Waals surface area contributed by atoms with Gasteiger partial charge in [-0.25, -0.2) is 0 Å². The molecule has 1 heterocycles. The second kappa shape index (κ2) is 10.8. The van der Waals surface area contributed by atoms with E-state index in [9.17, 15) is 4.79 Å². The van der Waals surface area contributed by atoms with Crippen molar-refractivity contribution in [3.8, 4) is 11.5 Å². The lowest BCUT2D eigenvalue weighted by molar-refractivity contribution is 0.0679. The van der Waals surface area contributed by atoms with E-state index < -0.39 is 0 Å². The van der Waals surface area contributed by atoms with Crippen molar-refractivity contribution < 1.29 is 19.0 Å².